The van der Waals surface area contributed by atoms with Crippen LogP contribution in [0.15, 0.2) is 22.5 Å². The molecule has 0 aliphatic heterocycles. The second-order valence-corrected chi connectivity index (χ2v) is 6.94. The van der Waals surface area contributed by atoms with Crippen molar-refractivity contribution in [3.8, 4) is 0 Å². The topological polar surface area (TPSA) is 56.7 Å². The van der Waals surface area contributed by atoms with Crippen LogP contribution in [0.1, 0.15) is 43.5 Å². The van der Waals surface area contributed by atoms with Gasteiger partial charge in [-0.1, -0.05) is 18.9 Å². The summed E-state index contributed by atoms with van der Waals surface area (Å²) in [7, 11) is 3.51. The summed E-state index contributed by atoms with van der Waals surface area (Å²) in [5, 5.41) is 8.97. The highest BCUT2D eigenvalue weighted by Crippen LogP contribution is 2.19. The van der Waals surface area contributed by atoms with Gasteiger partial charge < -0.3 is 15.5 Å². The first-order chi connectivity index (χ1) is 10.6. The predicted octanol–water partition coefficient (Wildman–Crippen LogP) is 2.38. The molecule has 1 aliphatic rings. The zero-order valence-corrected chi connectivity index (χ0v) is 14.4. The van der Waals surface area contributed by atoms with Crippen molar-refractivity contribution >= 4 is 23.2 Å². The molecule has 122 valence electrons. The minimum Gasteiger partial charge on any atom is -0.354 e. The molecule has 2 N–H and O–H groups in total. The lowest BCUT2D eigenvalue weighted by molar-refractivity contribution is -0.127. The molecule has 6 heteroatoms. The van der Waals surface area contributed by atoms with Gasteiger partial charge in [0.25, 0.3) is 0 Å². The first-order valence-electron chi connectivity index (χ1n) is 7.87. The monoisotopic (exact) mass is 322 g/mol. The number of guanidine groups is 1. The van der Waals surface area contributed by atoms with E-state index in [0.29, 0.717) is 6.04 Å². The van der Waals surface area contributed by atoms with Gasteiger partial charge in [0, 0.05) is 25.0 Å². The van der Waals surface area contributed by atoms with Gasteiger partial charge in [0.1, 0.15) is 6.54 Å². The van der Waals surface area contributed by atoms with Gasteiger partial charge in [-0.05, 0) is 31.2 Å². The number of amides is 1. The van der Waals surface area contributed by atoms with E-state index in [9.17, 15) is 4.79 Å². The molecule has 0 aromatic carbocycles. The number of carbonyl (C=O) groups excluding carboxylic acids is 1. The van der Waals surface area contributed by atoms with Gasteiger partial charge in [-0.3, -0.25) is 4.79 Å². The lowest BCUT2D eigenvalue weighted by Gasteiger charge is -2.21. The molecule has 0 radical (unpaired) electrons. The first kappa shape index (κ1) is 16.8. The molecule has 1 heterocycles. The highest BCUT2D eigenvalue weighted by Gasteiger charge is 2.18. The standard InChI is InChI=1S/C16H26N4OS/c1-12(14-9-6-10-22-14)18-16(17-11-15(21)20(2)3)19-13-7-4-5-8-13/h6,9-10,12-13H,4-5,7-8,11H2,1-3H3,(H2,17,18,19). The molecule has 1 saturated carbocycles. The SMILES string of the molecule is CC(NC(=NCC(=O)N(C)C)NC1CCCC1)c1cccs1. The largest absolute Gasteiger partial charge is 0.354 e. The Morgan fingerprint density at radius 2 is 2.18 bits per heavy atom. The van der Waals surface area contributed by atoms with Gasteiger partial charge in [-0.15, -0.1) is 11.3 Å². The van der Waals surface area contributed by atoms with Gasteiger partial charge >= 0.3 is 0 Å². The number of nitrogens with zero attached hydrogens (tertiary/aromatic N) is 2. The number of aliphatic imine (C=N–C) groups is 1. The number of likely N-dealkylation sites (N-methyl/N-ethyl adjacent to an activating group) is 1. The Balaban J connectivity index is 1.99. The summed E-state index contributed by atoms with van der Waals surface area (Å²) in [5.74, 6) is 0.749. The molecule has 1 aromatic rings. The fourth-order valence-electron chi connectivity index (χ4n) is 2.50. The van der Waals surface area contributed by atoms with E-state index in [1.165, 1.54) is 30.6 Å². The van der Waals surface area contributed by atoms with E-state index in [2.05, 4.69) is 40.1 Å². The molecule has 1 aromatic heterocycles. The van der Waals surface area contributed by atoms with E-state index in [0.717, 1.165) is 5.96 Å². The number of hydrogen-bond acceptors (Lipinski definition) is 3. The molecule has 1 fully saturated rings. The van der Waals surface area contributed by atoms with Gasteiger partial charge in [-0.25, -0.2) is 4.99 Å². The highest BCUT2D eigenvalue weighted by atomic mass is 32.1. The van der Waals surface area contributed by atoms with Crippen molar-refractivity contribution in [3.05, 3.63) is 22.4 Å². The minimum atomic E-state index is 0.0105. The van der Waals surface area contributed by atoms with Crippen LogP contribution in [0.2, 0.25) is 0 Å². The van der Waals surface area contributed by atoms with E-state index < -0.39 is 0 Å². The van der Waals surface area contributed by atoms with Crippen LogP contribution in [0.3, 0.4) is 0 Å². The molecule has 1 unspecified atom stereocenters. The van der Waals surface area contributed by atoms with Crippen LogP contribution >= 0.6 is 11.3 Å². The normalized spacial score (nSPS) is 17.3. The molecule has 2 rings (SSSR count). The molecule has 0 saturated heterocycles. The molecule has 1 atom stereocenters. The number of thiophene rings is 1. The lowest BCUT2D eigenvalue weighted by Crippen LogP contribution is -2.43. The molecular formula is C16H26N4OS. The first-order valence-corrected chi connectivity index (χ1v) is 8.75. The van der Waals surface area contributed by atoms with Crippen LogP contribution in [0.25, 0.3) is 0 Å². The van der Waals surface area contributed by atoms with Gasteiger partial charge in [0.2, 0.25) is 5.91 Å². The Hall–Kier alpha value is -1.56. The zero-order chi connectivity index (χ0) is 15.9. The maximum atomic E-state index is 11.8. The fraction of sp³-hybridized carbons (Fsp3) is 0.625. The van der Waals surface area contributed by atoms with E-state index in [1.54, 1.807) is 30.3 Å². The third kappa shape index (κ3) is 5.02. The van der Waals surface area contributed by atoms with Crippen LogP contribution in [0.4, 0.5) is 0 Å². The lowest BCUT2D eigenvalue weighted by atomic mass is 10.2. The minimum absolute atomic E-state index is 0.0105. The number of carbonyl (C=O) groups is 1. The van der Waals surface area contributed by atoms with Gasteiger partial charge in [0.05, 0.1) is 6.04 Å². The van der Waals surface area contributed by atoms with Crippen molar-refractivity contribution in [2.45, 2.75) is 44.7 Å². The molecular weight excluding hydrogens is 296 g/mol. The molecule has 0 spiro atoms. The van der Waals surface area contributed by atoms with Crippen LogP contribution < -0.4 is 10.6 Å². The average molecular weight is 322 g/mol. The van der Waals surface area contributed by atoms with Crippen LogP contribution in [0.5, 0.6) is 0 Å². The Morgan fingerprint density at radius 1 is 1.45 bits per heavy atom. The Morgan fingerprint density at radius 3 is 2.77 bits per heavy atom. The maximum Gasteiger partial charge on any atom is 0.243 e. The van der Waals surface area contributed by atoms with Crippen molar-refractivity contribution in [3.63, 3.8) is 0 Å². The molecule has 5 nitrogen and oxygen atoms in total. The zero-order valence-electron chi connectivity index (χ0n) is 13.6. The van der Waals surface area contributed by atoms with E-state index in [1.807, 2.05) is 0 Å². The fourth-order valence-corrected chi connectivity index (χ4v) is 3.23. The van der Waals surface area contributed by atoms with Gasteiger partial charge in [0.15, 0.2) is 5.96 Å². The third-order valence-electron chi connectivity index (χ3n) is 3.89. The summed E-state index contributed by atoms with van der Waals surface area (Å²) >= 11 is 1.72. The summed E-state index contributed by atoms with van der Waals surface area (Å²) in [4.78, 5) is 19.1. The van der Waals surface area contributed by atoms with Crippen molar-refractivity contribution in [2.24, 2.45) is 4.99 Å². The molecule has 0 bridgehead atoms. The van der Waals surface area contributed by atoms with E-state index in [4.69, 9.17) is 0 Å². The second kappa shape index (κ2) is 8.17. The van der Waals surface area contributed by atoms with Crippen LogP contribution in [0, 0.1) is 0 Å². The van der Waals surface area contributed by atoms with E-state index in [-0.39, 0.29) is 18.5 Å². The molecule has 22 heavy (non-hydrogen) atoms. The van der Waals surface area contributed by atoms with Crippen LogP contribution in [-0.2, 0) is 4.79 Å². The third-order valence-corrected chi connectivity index (χ3v) is 4.95. The summed E-state index contributed by atoms with van der Waals surface area (Å²) in [6.07, 6.45) is 4.88. The van der Waals surface area contributed by atoms with Crippen molar-refractivity contribution in [1.29, 1.82) is 0 Å². The maximum absolute atomic E-state index is 11.8. The summed E-state index contributed by atoms with van der Waals surface area (Å²) < 4.78 is 0. The summed E-state index contributed by atoms with van der Waals surface area (Å²) in [5.41, 5.74) is 0. The van der Waals surface area contributed by atoms with Crippen molar-refractivity contribution < 1.29 is 4.79 Å². The van der Waals surface area contributed by atoms with Gasteiger partial charge in [-0.2, -0.15) is 0 Å². The van der Waals surface area contributed by atoms with Crippen LogP contribution in [-0.4, -0.2) is 43.4 Å². The number of rotatable bonds is 5. The van der Waals surface area contributed by atoms with Crippen molar-refractivity contribution in [1.82, 2.24) is 15.5 Å². The Bertz CT molecular complexity index is 492. The Kier molecular flexibility index (Phi) is 6.24. The summed E-state index contributed by atoms with van der Waals surface area (Å²) in [6.45, 7) is 2.29. The average Bonchev–Trinajstić information content (AvgIpc) is 3.17. The second-order valence-electron chi connectivity index (χ2n) is 5.96. The number of hydrogen-bond donors (Lipinski definition) is 2. The molecule has 1 amide bonds. The predicted molar refractivity (Wildman–Crippen MR) is 92.3 cm³/mol. The quantitative estimate of drug-likeness (QED) is 0.646. The van der Waals surface area contributed by atoms with Crippen molar-refractivity contribution in [2.75, 3.05) is 20.6 Å². The highest BCUT2D eigenvalue weighted by molar-refractivity contribution is 7.10. The van der Waals surface area contributed by atoms with E-state index >= 15 is 0 Å². The number of nitrogens with one attached hydrogen (secondary N) is 2. The Labute approximate surface area is 136 Å². The molecule has 1 aliphatic carbocycles. The summed E-state index contributed by atoms with van der Waals surface area (Å²) in [6, 6.07) is 4.81. The smallest absolute Gasteiger partial charge is 0.243 e.